The van der Waals surface area contributed by atoms with Crippen LogP contribution in [0, 0.1) is 5.92 Å². The summed E-state index contributed by atoms with van der Waals surface area (Å²) in [6, 6.07) is 0. The molecule has 19 heavy (non-hydrogen) atoms. The highest BCUT2D eigenvalue weighted by Crippen LogP contribution is 2.35. The van der Waals surface area contributed by atoms with Crippen LogP contribution < -0.4 is 0 Å². The van der Waals surface area contributed by atoms with Crippen molar-refractivity contribution in [3.05, 3.63) is 12.2 Å². The first-order chi connectivity index (χ1) is 9.00. The lowest BCUT2D eigenvalue weighted by molar-refractivity contribution is -0.148. The largest absolute Gasteiger partial charge is 0.469 e. The van der Waals surface area contributed by atoms with Crippen molar-refractivity contribution in [3.8, 4) is 0 Å². The number of aliphatic hydroxyl groups is 1. The van der Waals surface area contributed by atoms with Crippen molar-refractivity contribution in [1.82, 2.24) is 0 Å². The molecule has 0 heterocycles. The zero-order valence-electron chi connectivity index (χ0n) is 11.6. The van der Waals surface area contributed by atoms with Gasteiger partial charge in [0, 0.05) is 0 Å². The van der Waals surface area contributed by atoms with Crippen molar-refractivity contribution in [3.63, 3.8) is 0 Å². The van der Waals surface area contributed by atoms with Gasteiger partial charge in [-0.05, 0) is 32.1 Å². The molecule has 1 N–H and O–H groups in total. The Labute approximate surface area is 113 Å². The van der Waals surface area contributed by atoms with Gasteiger partial charge in [0.15, 0.2) is 0 Å². The smallest absolute Gasteiger partial charge is 0.309 e. The predicted octanol–water partition coefficient (Wildman–Crippen LogP) is 1.59. The molecule has 0 aliphatic heterocycles. The van der Waals surface area contributed by atoms with E-state index >= 15 is 0 Å². The van der Waals surface area contributed by atoms with Crippen molar-refractivity contribution in [2.45, 2.75) is 44.1 Å². The fraction of sp³-hybridized carbons (Fsp3) is 0.714. The number of carbonyl (C=O) groups is 2. The van der Waals surface area contributed by atoms with Crippen LogP contribution in [0.5, 0.6) is 0 Å². The highest BCUT2D eigenvalue weighted by Gasteiger charge is 2.35. The second-order valence-corrected chi connectivity index (χ2v) is 4.98. The Morgan fingerprint density at radius 3 is 2.37 bits per heavy atom. The number of hydrogen-bond donors (Lipinski definition) is 1. The number of ether oxygens (including phenoxy) is 2. The zero-order chi connectivity index (χ0) is 14.3. The highest BCUT2D eigenvalue weighted by molar-refractivity contribution is 5.72. The molecular formula is C14H22O5. The molecule has 0 bridgehead atoms. The topological polar surface area (TPSA) is 72.8 Å². The van der Waals surface area contributed by atoms with E-state index in [-0.39, 0.29) is 24.3 Å². The lowest BCUT2D eigenvalue weighted by atomic mass is 9.77. The average Bonchev–Trinajstić information content (AvgIpc) is 2.43. The van der Waals surface area contributed by atoms with E-state index in [4.69, 9.17) is 4.74 Å². The Kier molecular flexibility index (Phi) is 6.02. The van der Waals surface area contributed by atoms with Crippen LogP contribution in [0.25, 0.3) is 0 Å². The number of carbonyl (C=O) groups excluding carboxylic acids is 2. The zero-order valence-corrected chi connectivity index (χ0v) is 11.6. The van der Waals surface area contributed by atoms with Gasteiger partial charge in [-0.1, -0.05) is 12.2 Å². The summed E-state index contributed by atoms with van der Waals surface area (Å²) in [6.07, 6.45) is 6.67. The van der Waals surface area contributed by atoms with Crippen LogP contribution in [-0.2, 0) is 19.1 Å². The summed E-state index contributed by atoms with van der Waals surface area (Å²) in [5.74, 6) is -0.578. The molecule has 0 aromatic rings. The molecule has 1 saturated carbocycles. The number of rotatable bonds is 5. The van der Waals surface area contributed by atoms with Gasteiger partial charge in [0.25, 0.3) is 0 Å². The van der Waals surface area contributed by atoms with Gasteiger partial charge >= 0.3 is 11.9 Å². The Balaban J connectivity index is 2.35. The lowest BCUT2D eigenvalue weighted by Gasteiger charge is -2.34. The van der Waals surface area contributed by atoms with Crippen LogP contribution in [-0.4, -0.2) is 36.9 Å². The van der Waals surface area contributed by atoms with E-state index in [2.05, 4.69) is 4.74 Å². The Bertz CT molecular complexity index is 340. The SMILES string of the molecule is COC(=O)C/C=C/C[C@]1(O)CC[C@@H](C(=O)OC)CC1. The maximum atomic E-state index is 11.4. The minimum atomic E-state index is -0.767. The second kappa shape index (κ2) is 7.28. The van der Waals surface area contributed by atoms with Gasteiger partial charge in [0.2, 0.25) is 0 Å². The van der Waals surface area contributed by atoms with E-state index in [0.717, 1.165) is 0 Å². The third-order valence-corrected chi connectivity index (χ3v) is 3.63. The van der Waals surface area contributed by atoms with Crippen LogP contribution >= 0.6 is 0 Å². The van der Waals surface area contributed by atoms with Crippen LogP contribution in [0.3, 0.4) is 0 Å². The molecule has 1 rings (SSSR count). The van der Waals surface area contributed by atoms with Gasteiger partial charge < -0.3 is 14.6 Å². The van der Waals surface area contributed by atoms with E-state index in [1.54, 1.807) is 12.2 Å². The molecule has 1 aliphatic rings. The molecular weight excluding hydrogens is 248 g/mol. The quantitative estimate of drug-likeness (QED) is 0.606. The Hall–Kier alpha value is -1.36. The third-order valence-electron chi connectivity index (χ3n) is 3.63. The summed E-state index contributed by atoms with van der Waals surface area (Å²) < 4.78 is 9.23. The van der Waals surface area contributed by atoms with E-state index in [1.807, 2.05) is 0 Å². The number of methoxy groups -OCH3 is 2. The third kappa shape index (κ3) is 5.03. The number of hydrogen-bond acceptors (Lipinski definition) is 5. The predicted molar refractivity (Wildman–Crippen MR) is 69.3 cm³/mol. The fourth-order valence-corrected chi connectivity index (χ4v) is 2.33. The van der Waals surface area contributed by atoms with Gasteiger partial charge in [0.1, 0.15) is 0 Å². The van der Waals surface area contributed by atoms with Crippen LogP contribution in [0.1, 0.15) is 38.5 Å². The van der Waals surface area contributed by atoms with Gasteiger partial charge in [-0.2, -0.15) is 0 Å². The maximum absolute atomic E-state index is 11.4. The standard InChI is InChI=1S/C14H22O5/c1-18-12(15)5-3-4-8-14(17)9-6-11(7-10-14)13(16)19-2/h3-4,11,17H,5-10H2,1-2H3/b4-3+/t11-,14+. The second-order valence-electron chi connectivity index (χ2n) is 4.98. The van der Waals surface area contributed by atoms with Crippen molar-refractivity contribution >= 4 is 11.9 Å². The molecule has 0 amide bonds. The summed E-state index contributed by atoms with van der Waals surface area (Å²) in [5, 5.41) is 10.3. The van der Waals surface area contributed by atoms with E-state index in [1.165, 1.54) is 14.2 Å². The summed E-state index contributed by atoms with van der Waals surface area (Å²) >= 11 is 0. The summed E-state index contributed by atoms with van der Waals surface area (Å²) in [4.78, 5) is 22.3. The molecule has 1 aliphatic carbocycles. The molecule has 0 aromatic carbocycles. The molecule has 0 radical (unpaired) electrons. The van der Waals surface area contributed by atoms with Crippen molar-refractivity contribution in [2.75, 3.05) is 14.2 Å². The first-order valence-electron chi connectivity index (χ1n) is 6.53. The average molecular weight is 270 g/mol. The highest BCUT2D eigenvalue weighted by atomic mass is 16.5. The monoisotopic (exact) mass is 270 g/mol. The van der Waals surface area contributed by atoms with Crippen molar-refractivity contribution < 1.29 is 24.2 Å². The molecule has 0 aromatic heterocycles. The first-order valence-corrected chi connectivity index (χ1v) is 6.53. The van der Waals surface area contributed by atoms with Crippen LogP contribution in [0.2, 0.25) is 0 Å². The normalized spacial score (nSPS) is 27.2. The maximum Gasteiger partial charge on any atom is 0.309 e. The molecule has 5 heteroatoms. The van der Waals surface area contributed by atoms with E-state index < -0.39 is 5.60 Å². The molecule has 108 valence electrons. The van der Waals surface area contributed by atoms with Gasteiger partial charge in [-0.15, -0.1) is 0 Å². The Morgan fingerprint density at radius 1 is 1.21 bits per heavy atom. The first kappa shape index (κ1) is 15.7. The summed E-state index contributed by atoms with van der Waals surface area (Å²) in [6.45, 7) is 0. The molecule has 1 fully saturated rings. The minimum Gasteiger partial charge on any atom is -0.469 e. The van der Waals surface area contributed by atoms with Crippen LogP contribution in [0.15, 0.2) is 12.2 Å². The van der Waals surface area contributed by atoms with Gasteiger partial charge in [0.05, 0.1) is 32.2 Å². The molecule has 5 nitrogen and oxygen atoms in total. The van der Waals surface area contributed by atoms with Crippen LogP contribution in [0.4, 0.5) is 0 Å². The van der Waals surface area contributed by atoms with Crippen molar-refractivity contribution in [2.24, 2.45) is 5.92 Å². The van der Waals surface area contributed by atoms with Crippen molar-refractivity contribution in [1.29, 1.82) is 0 Å². The number of esters is 2. The summed E-state index contributed by atoms with van der Waals surface area (Å²) in [5.41, 5.74) is -0.767. The van der Waals surface area contributed by atoms with Gasteiger partial charge in [-0.3, -0.25) is 9.59 Å². The molecule has 0 spiro atoms. The van der Waals surface area contributed by atoms with E-state index in [0.29, 0.717) is 32.1 Å². The molecule has 0 saturated heterocycles. The Morgan fingerprint density at radius 2 is 1.84 bits per heavy atom. The van der Waals surface area contributed by atoms with Gasteiger partial charge in [-0.25, -0.2) is 0 Å². The lowest BCUT2D eigenvalue weighted by Crippen LogP contribution is -2.35. The molecule has 0 atom stereocenters. The summed E-state index contributed by atoms with van der Waals surface area (Å²) in [7, 11) is 2.73. The molecule has 0 unspecified atom stereocenters. The minimum absolute atomic E-state index is 0.0932. The van der Waals surface area contributed by atoms with E-state index in [9.17, 15) is 14.7 Å². The fourth-order valence-electron chi connectivity index (χ4n) is 2.33.